The van der Waals surface area contributed by atoms with Gasteiger partial charge in [-0.05, 0) is 13.8 Å². The predicted molar refractivity (Wildman–Crippen MR) is 63.7 cm³/mol. The fourth-order valence-corrected chi connectivity index (χ4v) is 2.01. The van der Waals surface area contributed by atoms with Crippen LogP contribution >= 0.6 is 22.6 Å². The van der Waals surface area contributed by atoms with Crippen LogP contribution in [0.1, 0.15) is 13.8 Å². The minimum atomic E-state index is -0.173. The van der Waals surface area contributed by atoms with Gasteiger partial charge in [-0.2, -0.15) is 0 Å². The number of alkyl halides is 1. The number of ether oxygens (including phenoxy) is 1. The maximum absolute atomic E-state index is 11.5. The number of amides is 1. The summed E-state index contributed by atoms with van der Waals surface area (Å²) >= 11 is 2.34. The Morgan fingerprint density at radius 3 is 2.36 bits per heavy atom. The SMILES string of the molecule is CC(C)OC(=O)N1CCN(CI)CC1. The van der Waals surface area contributed by atoms with E-state index in [1.54, 1.807) is 4.90 Å². The van der Waals surface area contributed by atoms with Crippen molar-refractivity contribution in [3.05, 3.63) is 0 Å². The van der Waals surface area contributed by atoms with Crippen molar-refractivity contribution in [3.8, 4) is 0 Å². The lowest BCUT2D eigenvalue weighted by atomic mass is 10.3. The van der Waals surface area contributed by atoms with Crippen LogP contribution in [-0.4, -0.2) is 52.7 Å². The van der Waals surface area contributed by atoms with Crippen molar-refractivity contribution in [2.24, 2.45) is 0 Å². The topological polar surface area (TPSA) is 32.8 Å². The van der Waals surface area contributed by atoms with E-state index >= 15 is 0 Å². The zero-order valence-electron chi connectivity index (χ0n) is 8.70. The van der Waals surface area contributed by atoms with Crippen molar-refractivity contribution in [2.75, 3.05) is 30.7 Å². The molecule has 0 radical (unpaired) electrons. The smallest absolute Gasteiger partial charge is 0.410 e. The molecule has 1 aliphatic heterocycles. The average Bonchev–Trinajstić information content (AvgIpc) is 2.17. The van der Waals surface area contributed by atoms with E-state index in [0.717, 1.165) is 30.7 Å². The van der Waals surface area contributed by atoms with Crippen molar-refractivity contribution in [3.63, 3.8) is 0 Å². The van der Waals surface area contributed by atoms with Crippen molar-refractivity contribution < 1.29 is 9.53 Å². The molecule has 0 spiro atoms. The molecule has 1 fully saturated rings. The largest absolute Gasteiger partial charge is 0.447 e. The van der Waals surface area contributed by atoms with Crippen molar-refractivity contribution in [2.45, 2.75) is 20.0 Å². The number of hydrogen-bond acceptors (Lipinski definition) is 3. The third-order valence-electron chi connectivity index (χ3n) is 2.14. The Balaban J connectivity index is 2.30. The lowest BCUT2D eigenvalue weighted by Gasteiger charge is -2.33. The summed E-state index contributed by atoms with van der Waals surface area (Å²) in [6.45, 7) is 7.23. The molecule has 0 saturated carbocycles. The molecule has 1 heterocycles. The standard InChI is InChI=1S/C9H17IN2O2/c1-8(2)14-9(13)12-5-3-11(7-10)4-6-12/h8H,3-7H2,1-2H3. The van der Waals surface area contributed by atoms with Gasteiger partial charge in [-0.1, -0.05) is 22.6 Å². The molecule has 0 aromatic carbocycles. The lowest BCUT2D eigenvalue weighted by Crippen LogP contribution is -2.48. The van der Waals surface area contributed by atoms with E-state index in [0.29, 0.717) is 0 Å². The normalized spacial score (nSPS) is 18.7. The van der Waals surface area contributed by atoms with Gasteiger partial charge in [0.25, 0.3) is 0 Å². The van der Waals surface area contributed by atoms with Crippen LogP contribution in [0.4, 0.5) is 4.79 Å². The Kier molecular flexibility index (Phi) is 4.94. The second kappa shape index (κ2) is 5.75. The minimum absolute atomic E-state index is 0.0231. The fourth-order valence-electron chi connectivity index (χ4n) is 1.33. The van der Waals surface area contributed by atoms with Gasteiger partial charge in [0, 0.05) is 26.2 Å². The molecule has 1 aliphatic rings. The number of halogens is 1. The van der Waals surface area contributed by atoms with Crippen molar-refractivity contribution in [1.29, 1.82) is 0 Å². The number of carbonyl (C=O) groups excluding carboxylic acids is 1. The van der Waals surface area contributed by atoms with Gasteiger partial charge >= 0.3 is 6.09 Å². The van der Waals surface area contributed by atoms with Crippen molar-refractivity contribution in [1.82, 2.24) is 9.80 Å². The molecule has 0 aromatic heterocycles. The molecule has 0 N–H and O–H groups in total. The zero-order valence-corrected chi connectivity index (χ0v) is 10.9. The second-order valence-electron chi connectivity index (χ2n) is 3.66. The van der Waals surface area contributed by atoms with Gasteiger partial charge in [-0.3, -0.25) is 4.90 Å². The highest BCUT2D eigenvalue weighted by molar-refractivity contribution is 14.1. The van der Waals surface area contributed by atoms with Gasteiger partial charge in [0.2, 0.25) is 0 Å². The highest BCUT2D eigenvalue weighted by Crippen LogP contribution is 2.06. The zero-order chi connectivity index (χ0) is 10.6. The quantitative estimate of drug-likeness (QED) is 0.440. The highest BCUT2D eigenvalue weighted by Gasteiger charge is 2.21. The van der Waals surface area contributed by atoms with Gasteiger partial charge in [0.05, 0.1) is 10.7 Å². The number of rotatable bonds is 2. The Bertz CT molecular complexity index is 191. The van der Waals surface area contributed by atoms with E-state index < -0.39 is 0 Å². The summed E-state index contributed by atoms with van der Waals surface area (Å²) in [4.78, 5) is 15.6. The number of hydrogen-bond donors (Lipinski definition) is 0. The molecule has 4 nitrogen and oxygen atoms in total. The van der Waals surface area contributed by atoms with Crippen LogP contribution in [-0.2, 0) is 4.74 Å². The molecule has 1 saturated heterocycles. The number of piperazine rings is 1. The minimum Gasteiger partial charge on any atom is -0.447 e. The Morgan fingerprint density at radius 1 is 1.36 bits per heavy atom. The van der Waals surface area contributed by atoms with E-state index in [1.807, 2.05) is 13.8 Å². The number of nitrogens with zero attached hydrogens (tertiary/aromatic N) is 2. The van der Waals surface area contributed by atoms with Crippen molar-refractivity contribution >= 4 is 28.7 Å². The molecule has 82 valence electrons. The average molecular weight is 312 g/mol. The summed E-state index contributed by atoms with van der Waals surface area (Å²) in [5, 5.41) is 0. The molecule has 5 heteroatoms. The van der Waals surface area contributed by atoms with E-state index in [-0.39, 0.29) is 12.2 Å². The van der Waals surface area contributed by atoms with Crippen LogP contribution in [0.5, 0.6) is 0 Å². The summed E-state index contributed by atoms with van der Waals surface area (Å²) in [7, 11) is 0. The van der Waals surface area contributed by atoms with Gasteiger partial charge in [0.1, 0.15) is 0 Å². The summed E-state index contributed by atoms with van der Waals surface area (Å²) in [6, 6.07) is 0. The molecule has 14 heavy (non-hydrogen) atoms. The molecular formula is C9H17IN2O2. The maximum Gasteiger partial charge on any atom is 0.410 e. The molecule has 1 amide bonds. The Labute approximate surface area is 98.7 Å². The first-order valence-corrected chi connectivity index (χ1v) is 6.40. The molecule has 0 bridgehead atoms. The maximum atomic E-state index is 11.5. The van der Waals surface area contributed by atoms with Gasteiger partial charge in [0.15, 0.2) is 0 Å². The molecule has 1 rings (SSSR count). The van der Waals surface area contributed by atoms with Gasteiger partial charge in [-0.25, -0.2) is 4.79 Å². The van der Waals surface area contributed by atoms with Crippen LogP contribution in [0.3, 0.4) is 0 Å². The van der Waals surface area contributed by atoms with Crippen LogP contribution in [0.25, 0.3) is 0 Å². The third kappa shape index (κ3) is 3.61. The summed E-state index contributed by atoms with van der Waals surface area (Å²) in [6.07, 6.45) is -0.196. The predicted octanol–water partition coefficient (Wildman–Crippen LogP) is 1.54. The summed E-state index contributed by atoms with van der Waals surface area (Å²) in [5.41, 5.74) is 0. The molecule has 0 aromatic rings. The second-order valence-corrected chi connectivity index (χ2v) is 4.34. The first-order chi connectivity index (χ1) is 6.63. The third-order valence-corrected chi connectivity index (χ3v) is 3.10. The van der Waals surface area contributed by atoms with E-state index in [4.69, 9.17) is 4.74 Å². The monoisotopic (exact) mass is 312 g/mol. The van der Waals surface area contributed by atoms with Gasteiger partial charge in [-0.15, -0.1) is 0 Å². The van der Waals surface area contributed by atoms with E-state index in [9.17, 15) is 4.79 Å². The Hall–Kier alpha value is -0.0400. The van der Waals surface area contributed by atoms with Crippen LogP contribution < -0.4 is 0 Å². The van der Waals surface area contributed by atoms with E-state index in [1.165, 1.54) is 0 Å². The van der Waals surface area contributed by atoms with Crippen LogP contribution in [0.2, 0.25) is 0 Å². The van der Waals surface area contributed by atoms with Gasteiger partial charge < -0.3 is 9.64 Å². The fraction of sp³-hybridized carbons (Fsp3) is 0.889. The number of carbonyl (C=O) groups is 1. The molecule has 0 atom stereocenters. The molecule has 0 aliphatic carbocycles. The summed E-state index contributed by atoms with van der Waals surface area (Å²) in [5.74, 6) is 0. The van der Waals surface area contributed by atoms with Crippen LogP contribution in [0, 0.1) is 0 Å². The lowest BCUT2D eigenvalue weighted by molar-refractivity contribution is 0.0608. The molecule has 0 unspecified atom stereocenters. The summed E-state index contributed by atoms with van der Waals surface area (Å²) < 4.78 is 6.16. The van der Waals surface area contributed by atoms with E-state index in [2.05, 4.69) is 27.5 Å². The first-order valence-electron chi connectivity index (χ1n) is 4.87. The first kappa shape index (κ1) is 12.0. The van der Waals surface area contributed by atoms with Crippen LogP contribution in [0.15, 0.2) is 0 Å². The Morgan fingerprint density at radius 2 is 1.93 bits per heavy atom. The molecular weight excluding hydrogens is 295 g/mol. The highest BCUT2D eigenvalue weighted by atomic mass is 127.